The first kappa shape index (κ1) is 18.0. The average Bonchev–Trinajstić information content (AvgIpc) is 2.84. The van der Waals surface area contributed by atoms with Crippen molar-refractivity contribution in [2.75, 3.05) is 7.05 Å². The fourth-order valence-electron chi connectivity index (χ4n) is 3.98. The van der Waals surface area contributed by atoms with Crippen molar-refractivity contribution in [3.05, 3.63) is 53.3 Å². The minimum atomic E-state index is -1.18. The molecular formula is C21H19FN4O2. The predicted molar refractivity (Wildman–Crippen MR) is 102 cm³/mol. The zero-order valence-corrected chi connectivity index (χ0v) is 15.8. The Morgan fingerprint density at radius 3 is 2.64 bits per heavy atom. The number of benzene rings is 2. The maximum atomic E-state index is 13.9. The van der Waals surface area contributed by atoms with Gasteiger partial charge in [0, 0.05) is 19.0 Å². The molecule has 1 amide bonds. The number of fused-ring (bicyclic) bond motifs is 2. The van der Waals surface area contributed by atoms with E-state index < -0.39 is 17.0 Å². The quantitative estimate of drug-likeness (QED) is 0.826. The van der Waals surface area contributed by atoms with E-state index in [2.05, 4.69) is 4.99 Å². The van der Waals surface area contributed by atoms with Crippen LogP contribution in [0.25, 0.3) is 11.1 Å². The molecule has 142 valence electrons. The number of guanidine groups is 1. The van der Waals surface area contributed by atoms with Gasteiger partial charge in [0.05, 0.1) is 11.6 Å². The second-order valence-electron chi connectivity index (χ2n) is 7.78. The van der Waals surface area contributed by atoms with Gasteiger partial charge in [-0.2, -0.15) is 5.26 Å². The zero-order chi connectivity index (χ0) is 20.3. The van der Waals surface area contributed by atoms with Crippen LogP contribution >= 0.6 is 0 Å². The fourth-order valence-corrected chi connectivity index (χ4v) is 3.98. The van der Waals surface area contributed by atoms with Crippen LogP contribution < -0.4 is 10.5 Å². The number of amides is 1. The Morgan fingerprint density at radius 1 is 1.25 bits per heavy atom. The minimum absolute atomic E-state index is 0.150. The van der Waals surface area contributed by atoms with E-state index >= 15 is 0 Å². The van der Waals surface area contributed by atoms with Crippen LogP contribution in [0.2, 0.25) is 0 Å². The molecule has 0 fully saturated rings. The molecule has 6 nitrogen and oxygen atoms in total. The summed E-state index contributed by atoms with van der Waals surface area (Å²) < 4.78 is 20.0. The molecule has 2 aliphatic heterocycles. The van der Waals surface area contributed by atoms with Gasteiger partial charge in [0.2, 0.25) is 0 Å². The van der Waals surface area contributed by atoms with E-state index in [0.29, 0.717) is 28.9 Å². The molecule has 2 aliphatic rings. The van der Waals surface area contributed by atoms with Gasteiger partial charge in [-0.05, 0) is 55.3 Å². The van der Waals surface area contributed by atoms with Crippen LogP contribution in [-0.2, 0) is 10.3 Å². The Balaban J connectivity index is 1.93. The van der Waals surface area contributed by atoms with Gasteiger partial charge in [0.25, 0.3) is 5.91 Å². The summed E-state index contributed by atoms with van der Waals surface area (Å²) in [5.74, 6) is -0.0387. The van der Waals surface area contributed by atoms with E-state index in [1.807, 2.05) is 19.9 Å². The zero-order valence-electron chi connectivity index (χ0n) is 15.8. The summed E-state index contributed by atoms with van der Waals surface area (Å²) in [4.78, 5) is 19.0. The number of carbonyl (C=O) groups is 1. The first-order chi connectivity index (χ1) is 13.1. The Morgan fingerprint density at radius 2 is 2.00 bits per heavy atom. The molecule has 2 N–H and O–H groups in total. The van der Waals surface area contributed by atoms with Crippen LogP contribution in [0.5, 0.6) is 5.75 Å². The van der Waals surface area contributed by atoms with Crippen LogP contribution in [0.4, 0.5) is 4.39 Å². The first-order valence-corrected chi connectivity index (χ1v) is 8.83. The Labute approximate surface area is 162 Å². The van der Waals surface area contributed by atoms with Gasteiger partial charge < -0.3 is 10.5 Å². The van der Waals surface area contributed by atoms with Crippen molar-refractivity contribution >= 4 is 11.9 Å². The van der Waals surface area contributed by atoms with Gasteiger partial charge in [0.15, 0.2) is 11.5 Å². The molecule has 1 atom stereocenters. The molecule has 4 rings (SSSR count). The largest absolute Gasteiger partial charge is 0.487 e. The summed E-state index contributed by atoms with van der Waals surface area (Å²) in [5.41, 5.74) is 6.16. The Hall–Kier alpha value is -3.40. The summed E-state index contributed by atoms with van der Waals surface area (Å²) >= 11 is 0. The van der Waals surface area contributed by atoms with Crippen molar-refractivity contribution < 1.29 is 13.9 Å². The van der Waals surface area contributed by atoms with Gasteiger partial charge in [0.1, 0.15) is 17.2 Å². The lowest BCUT2D eigenvalue weighted by molar-refractivity contribution is -0.133. The lowest BCUT2D eigenvalue weighted by Crippen LogP contribution is -2.49. The third kappa shape index (κ3) is 2.61. The number of halogens is 1. The van der Waals surface area contributed by atoms with Crippen molar-refractivity contribution in [2.45, 2.75) is 31.4 Å². The molecule has 28 heavy (non-hydrogen) atoms. The number of rotatable bonds is 1. The SMILES string of the molecule is CN1C(=O)C2(CC(C)(C)Oc3ccc(-c4cc(F)cc(C#N)c4)cc32)N=C1N. The highest BCUT2D eigenvalue weighted by Gasteiger charge is 2.55. The first-order valence-electron chi connectivity index (χ1n) is 8.83. The molecule has 1 unspecified atom stereocenters. The van der Waals surface area contributed by atoms with E-state index in [1.165, 1.54) is 17.0 Å². The van der Waals surface area contributed by atoms with Crippen molar-refractivity contribution in [1.29, 1.82) is 5.26 Å². The van der Waals surface area contributed by atoms with E-state index in [0.717, 1.165) is 0 Å². The standard InChI is InChI=1S/C21H19FN4O2/c1-20(2)11-21(18(27)26(3)19(24)25-21)16-9-13(4-5-17(16)28-20)14-6-12(10-23)7-15(22)8-14/h4-9H,11H2,1-3H3,(H2,24,25). The summed E-state index contributed by atoms with van der Waals surface area (Å²) in [6, 6.07) is 11.4. The maximum Gasteiger partial charge on any atom is 0.261 e. The lowest BCUT2D eigenvalue weighted by atomic mass is 9.77. The molecule has 2 aromatic carbocycles. The van der Waals surface area contributed by atoms with Crippen LogP contribution in [0.3, 0.4) is 0 Å². The average molecular weight is 378 g/mol. The van der Waals surface area contributed by atoms with Crippen LogP contribution in [0.1, 0.15) is 31.4 Å². The van der Waals surface area contributed by atoms with Gasteiger partial charge in [-0.1, -0.05) is 6.07 Å². The number of aliphatic imine (C=N–C) groups is 1. The molecule has 7 heteroatoms. The van der Waals surface area contributed by atoms with Crippen LogP contribution in [0, 0.1) is 17.1 Å². The summed E-state index contributed by atoms with van der Waals surface area (Å²) in [6.45, 7) is 3.79. The molecule has 0 saturated carbocycles. The molecule has 1 spiro atoms. The Kier molecular flexibility index (Phi) is 3.72. The van der Waals surface area contributed by atoms with E-state index in [1.54, 1.807) is 31.3 Å². The number of nitrogens with zero attached hydrogens (tertiary/aromatic N) is 3. The molecule has 0 aliphatic carbocycles. The maximum absolute atomic E-state index is 13.9. The number of hydrogen-bond acceptors (Lipinski definition) is 5. The molecule has 0 bridgehead atoms. The number of likely N-dealkylation sites (N-methyl/N-ethyl adjacent to an activating group) is 1. The lowest BCUT2D eigenvalue weighted by Gasteiger charge is -2.41. The van der Waals surface area contributed by atoms with Crippen molar-refractivity contribution in [3.8, 4) is 22.9 Å². The third-order valence-corrected chi connectivity index (χ3v) is 5.16. The molecule has 0 radical (unpaired) electrons. The van der Waals surface area contributed by atoms with E-state index in [9.17, 15) is 9.18 Å². The molecule has 2 heterocycles. The Bertz CT molecular complexity index is 1090. The van der Waals surface area contributed by atoms with Crippen molar-refractivity contribution in [2.24, 2.45) is 10.7 Å². The number of hydrogen-bond donors (Lipinski definition) is 1. The molecule has 2 aromatic rings. The van der Waals surface area contributed by atoms with Crippen molar-refractivity contribution in [1.82, 2.24) is 4.90 Å². The van der Waals surface area contributed by atoms with Crippen LogP contribution in [-0.4, -0.2) is 29.4 Å². The number of carbonyl (C=O) groups excluding carboxylic acids is 1. The predicted octanol–water partition coefficient (Wildman–Crippen LogP) is 2.91. The minimum Gasteiger partial charge on any atom is -0.487 e. The second kappa shape index (κ2) is 5.80. The number of nitrogens with two attached hydrogens (primary N) is 1. The van der Waals surface area contributed by atoms with Crippen LogP contribution in [0.15, 0.2) is 41.4 Å². The summed E-state index contributed by atoms with van der Waals surface area (Å²) in [6.07, 6.45) is 0.326. The fraction of sp³-hybridized carbons (Fsp3) is 0.286. The normalized spacial score (nSPS) is 22.5. The highest BCUT2D eigenvalue weighted by atomic mass is 19.1. The number of nitriles is 1. The topological polar surface area (TPSA) is 91.7 Å². The smallest absolute Gasteiger partial charge is 0.261 e. The van der Waals surface area contributed by atoms with Gasteiger partial charge >= 0.3 is 0 Å². The van der Waals surface area contributed by atoms with E-state index in [-0.39, 0.29) is 17.4 Å². The summed E-state index contributed by atoms with van der Waals surface area (Å²) in [5, 5.41) is 9.13. The highest BCUT2D eigenvalue weighted by molar-refractivity contribution is 6.07. The summed E-state index contributed by atoms with van der Waals surface area (Å²) in [7, 11) is 1.59. The van der Waals surface area contributed by atoms with Crippen molar-refractivity contribution in [3.63, 3.8) is 0 Å². The third-order valence-electron chi connectivity index (χ3n) is 5.16. The van der Waals surface area contributed by atoms with Gasteiger partial charge in [-0.15, -0.1) is 0 Å². The molecular weight excluding hydrogens is 359 g/mol. The van der Waals surface area contributed by atoms with Gasteiger partial charge in [-0.25, -0.2) is 9.38 Å². The monoisotopic (exact) mass is 378 g/mol. The second-order valence-corrected chi connectivity index (χ2v) is 7.78. The highest BCUT2D eigenvalue weighted by Crippen LogP contribution is 2.49. The molecule has 0 saturated heterocycles. The molecule has 0 aromatic heterocycles. The van der Waals surface area contributed by atoms with Gasteiger partial charge in [-0.3, -0.25) is 9.69 Å². The number of ether oxygens (including phenoxy) is 1. The van der Waals surface area contributed by atoms with E-state index in [4.69, 9.17) is 15.7 Å².